The summed E-state index contributed by atoms with van der Waals surface area (Å²) < 4.78 is 6.45. The first-order chi connectivity index (χ1) is 10.6. The molecule has 22 heavy (non-hydrogen) atoms. The van der Waals surface area contributed by atoms with Crippen molar-refractivity contribution in [2.75, 3.05) is 19.7 Å². The van der Waals surface area contributed by atoms with E-state index in [0.29, 0.717) is 6.54 Å². The van der Waals surface area contributed by atoms with Crippen molar-refractivity contribution < 1.29 is 19.4 Å². The van der Waals surface area contributed by atoms with Crippen LogP contribution in [0.15, 0.2) is 28.7 Å². The lowest BCUT2D eigenvalue weighted by Gasteiger charge is -2.25. The Kier molecular flexibility index (Phi) is 6.39. The van der Waals surface area contributed by atoms with Crippen molar-refractivity contribution >= 4 is 27.8 Å². The van der Waals surface area contributed by atoms with Gasteiger partial charge >= 0.3 is 5.97 Å². The van der Waals surface area contributed by atoms with Crippen molar-refractivity contribution in [3.63, 3.8) is 0 Å². The van der Waals surface area contributed by atoms with Crippen LogP contribution in [-0.2, 0) is 20.7 Å². The SMILES string of the molecule is O=C(O)CCN(C[C@@H]1CCCO1)C(=O)Cc1ccccc1Br. The van der Waals surface area contributed by atoms with Crippen molar-refractivity contribution in [3.8, 4) is 0 Å². The number of hydrogen-bond donors (Lipinski definition) is 1. The fraction of sp³-hybridized carbons (Fsp3) is 0.500. The largest absolute Gasteiger partial charge is 0.481 e. The van der Waals surface area contributed by atoms with Crippen LogP contribution in [0.2, 0.25) is 0 Å². The second-order valence-electron chi connectivity index (χ2n) is 5.39. The lowest BCUT2D eigenvalue weighted by Crippen LogP contribution is -2.39. The lowest BCUT2D eigenvalue weighted by molar-refractivity contribution is -0.139. The molecule has 1 heterocycles. The van der Waals surface area contributed by atoms with Crippen molar-refractivity contribution in [1.82, 2.24) is 4.90 Å². The third-order valence-corrected chi connectivity index (χ3v) is 4.47. The van der Waals surface area contributed by atoms with Gasteiger partial charge in [0, 0.05) is 24.2 Å². The highest BCUT2D eigenvalue weighted by atomic mass is 79.9. The Morgan fingerprint density at radius 2 is 2.14 bits per heavy atom. The molecule has 0 aliphatic carbocycles. The van der Waals surface area contributed by atoms with Gasteiger partial charge in [0.2, 0.25) is 5.91 Å². The molecule has 1 aromatic rings. The molecule has 1 amide bonds. The molecule has 1 saturated heterocycles. The zero-order valence-electron chi connectivity index (χ0n) is 12.3. The molecular formula is C16H20BrNO4. The van der Waals surface area contributed by atoms with Gasteiger partial charge in [0.15, 0.2) is 0 Å². The van der Waals surface area contributed by atoms with Gasteiger partial charge in [0.1, 0.15) is 0 Å². The first kappa shape index (κ1) is 17.0. The first-order valence-electron chi connectivity index (χ1n) is 7.41. The molecule has 1 atom stereocenters. The van der Waals surface area contributed by atoms with Gasteiger partial charge < -0.3 is 14.7 Å². The van der Waals surface area contributed by atoms with Crippen LogP contribution in [0.5, 0.6) is 0 Å². The summed E-state index contributed by atoms with van der Waals surface area (Å²) in [7, 11) is 0. The van der Waals surface area contributed by atoms with Crippen LogP contribution in [0.3, 0.4) is 0 Å². The maximum atomic E-state index is 12.5. The highest BCUT2D eigenvalue weighted by molar-refractivity contribution is 9.10. The summed E-state index contributed by atoms with van der Waals surface area (Å²) in [5, 5.41) is 8.86. The van der Waals surface area contributed by atoms with E-state index >= 15 is 0 Å². The van der Waals surface area contributed by atoms with Crippen LogP contribution in [0.25, 0.3) is 0 Å². The molecule has 0 aromatic heterocycles. The predicted octanol–water partition coefficient (Wildman–Crippen LogP) is 2.47. The fourth-order valence-corrected chi connectivity index (χ4v) is 2.92. The van der Waals surface area contributed by atoms with Gasteiger partial charge in [-0.05, 0) is 24.5 Å². The van der Waals surface area contributed by atoms with Crippen LogP contribution in [0, 0.1) is 0 Å². The van der Waals surface area contributed by atoms with Gasteiger partial charge in [-0.1, -0.05) is 34.1 Å². The van der Waals surface area contributed by atoms with Crippen molar-refractivity contribution in [1.29, 1.82) is 0 Å². The van der Waals surface area contributed by atoms with Crippen molar-refractivity contribution in [2.45, 2.75) is 31.8 Å². The highest BCUT2D eigenvalue weighted by Crippen LogP contribution is 2.18. The number of halogens is 1. The molecule has 1 fully saturated rings. The second-order valence-corrected chi connectivity index (χ2v) is 6.24. The van der Waals surface area contributed by atoms with E-state index in [9.17, 15) is 9.59 Å². The minimum absolute atomic E-state index is 0.0250. The van der Waals surface area contributed by atoms with E-state index in [-0.39, 0.29) is 31.4 Å². The minimum atomic E-state index is -0.897. The molecule has 2 rings (SSSR count). The number of amides is 1. The first-order valence-corrected chi connectivity index (χ1v) is 8.20. The summed E-state index contributed by atoms with van der Waals surface area (Å²) in [5.74, 6) is -0.963. The van der Waals surface area contributed by atoms with Crippen molar-refractivity contribution in [2.24, 2.45) is 0 Å². The zero-order valence-corrected chi connectivity index (χ0v) is 13.9. The van der Waals surface area contributed by atoms with E-state index in [4.69, 9.17) is 9.84 Å². The number of nitrogens with zero attached hydrogens (tertiary/aromatic N) is 1. The van der Waals surface area contributed by atoms with Crippen LogP contribution in [0.1, 0.15) is 24.8 Å². The standard InChI is InChI=1S/C16H20BrNO4/c17-14-6-2-1-4-12(14)10-15(19)18(8-7-16(20)21)11-13-5-3-9-22-13/h1-2,4,6,13H,3,5,7-11H2,(H,20,21)/t13-/m0/s1. The maximum absolute atomic E-state index is 12.5. The van der Waals surface area contributed by atoms with Gasteiger partial charge in [-0.25, -0.2) is 0 Å². The number of ether oxygens (including phenoxy) is 1. The molecule has 120 valence electrons. The monoisotopic (exact) mass is 369 g/mol. The van der Waals surface area contributed by atoms with Crippen LogP contribution >= 0.6 is 15.9 Å². The summed E-state index contributed by atoms with van der Waals surface area (Å²) in [6.07, 6.45) is 2.15. The molecule has 0 spiro atoms. The van der Waals surface area contributed by atoms with Crippen LogP contribution < -0.4 is 0 Å². The van der Waals surface area contributed by atoms with Gasteiger partial charge in [0.25, 0.3) is 0 Å². The van der Waals surface area contributed by atoms with E-state index < -0.39 is 5.97 Å². The predicted molar refractivity (Wildman–Crippen MR) is 85.7 cm³/mol. The minimum Gasteiger partial charge on any atom is -0.481 e. The highest BCUT2D eigenvalue weighted by Gasteiger charge is 2.23. The van der Waals surface area contributed by atoms with E-state index in [0.717, 1.165) is 29.5 Å². The Bertz CT molecular complexity index is 529. The fourth-order valence-electron chi connectivity index (χ4n) is 2.50. The third kappa shape index (κ3) is 5.10. The summed E-state index contributed by atoms with van der Waals surface area (Å²) in [6, 6.07) is 7.56. The normalized spacial score (nSPS) is 17.4. The maximum Gasteiger partial charge on any atom is 0.305 e. The quantitative estimate of drug-likeness (QED) is 0.801. The number of carbonyl (C=O) groups excluding carboxylic acids is 1. The summed E-state index contributed by atoms with van der Waals surface area (Å²) in [4.78, 5) is 24.9. The average Bonchev–Trinajstić information content (AvgIpc) is 2.98. The van der Waals surface area contributed by atoms with E-state index in [1.807, 2.05) is 24.3 Å². The summed E-state index contributed by atoms with van der Waals surface area (Å²) in [6.45, 7) is 1.41. The summed E-state index contributed by atoms with van der Waals surface area (Å²) in [5.41, 5.74) is 0.903. The Labute approximate surface area is 138 Å². The Morgan fingerprint density at radius 3 is 2.77 bits per heavy atom. The number of hydrogen-bond acceptors (Lipinski definition) is 3. The molecule has 1 aromatic carbocycles. The average molecular weight is 370 g/mol. The third-order valence-electron chi connectivity index (χ3n) is 3.70. The number of carboxylic acid groups (broad SMARTS) is 1. The van der Waals surface area contributed by atoms with Gasteiger partial charge in [-0.3, -0.25) is 9.59 Å². The Balaban J connectivity index is 2.00. The smallest absolute Gasteiger partial charge is 0.305 e. The molecular weight excluding hydrogens is 350 g/mol. The number of benzene rings is 1. The van der Waals surface area contributed by atoms with Crippen LogP contribution in [0.4, 0.5) is 0 Å². The van der Waals surface area contributed by atoms with Gasteiger partial charge in [-0.15, -0.1) is 0 Å². The molecule has 1 aliphatic rings. The molecule has 1 aliphatic heterocycles. The van der Waals surface area contributed by atoms with Gasteiger partial charge in [0.05, 0.1) is 18.9 Å². The number of carboxylic acids is 1. The molecule has 0 radical (unpaired) electrons. The molecule has 0 bridgehead atoms. The van der Waals surface area contributed by atoms with Crippen LogP contribution in [-0.4, -0.2) is 47.7 Å². The van der Waals surface area contributed by atoms with E-state index in [1.165, 1.54) is 0 Å². The zero-order chi connectivity index (χ0) is 15.9. The van der Waals surface area contributed by atoms with Gasteiger partial charge in [-0.2, -0.15) is 0 Å². The molecule has 0 unspecified atom stereocenters. The molecule has 0 saturated carbocycles. The Morgan fingerprint density at radius 1 is 1.36 bits per heavy atom. The second kappa shape index (κ2) is 8.29. The molecule has 1 N–H and O–H groups in total. The number of rotatable bonds is 7. The Hall–Kier alpha value is -1.40. The van der Waals surface area contributed by atoms with E-state index in [2.05, 4.69) is 15.9 Å². The molecule has 5 nitrogen and oxygen atoms in total. The van der Waals surface area contributed by atoms with Crippen molar-refractivity contribution in [3.05, 3.63) is 34.3 Å². The molecule has 6 heteroatoms. The number of carbonyl (C=O) groups is 2. The lowest BCUT2D eigenvalue weighted by atomic mass is 10.1. The van der Waals surface area contributed by atoms with E-state index in [1.54, 1.807) is 4.90 Å². The summed E-state index contributed by atoms with van der Waals surface area (Å²) >= 11 is 3.43. The topological polar surface area (TPSA) is 66.8 Å². The number of aliphatic carboxylic acids is 1.